The number of nitrogens with zero attached hydrogens (tertiary/aromatic N) is 4. The number of furan rings is 1. The maximum absolute atomic E-state index is 12.7. The summed E-state index contributed by atoms with van der Waals surface area (Å²) in [6.45, 7) is 0.648. The molecule has 1 fully saturated rings. The van der Waals surface area contributed by atoms with E-state index in [2.05, 4.69) is 15.1 Å². The predicted molar refractivity (Wildman–Crippen MR) is 83.9 cm³/mol. The summed E-state index contributed by atoms with van der Waals surface area (Å²) in [6.07, 6.45) is 7.63. The fraction of sp³-hybridized carbons (Fsp3) is 0.294. The first kappa shape index (κ1) is 14.6. The molecule has 0 spiro atoms. The summed E-state index contributed by atoms with van der Waals surface area (Å²) in [6, 6.07) is 6.84. The van der Waals surface area contributed by atoms with E-state index >= 15 is 0 Å². The average molecular weight is 324 g/mol. The highest BCUT2D eigenvalue weighted by molar-refractivity contribution is 5.91. The Bertz CT molecular complexity index is 814. The third-order valence-electron chi connectivity index (χ3n) is 4.14. The zero-order valence-corrected chi connectivity index (χ0v) is 13.0. The topological polar surface area (TPSA) is 85.3 Å². The number of likely N-dealkylation sites (tertiary alicyclic amines) is 1. The number of hydrogen-bond acceptors (Lipinski definition) is 6. The van der Waals surface area contributed by atoms with Gasteiger partial charge in [-0.15, -0.1) is 0 Å². The van der Waals surface area contributed by atoms with Crippen LogP contribution in [0.4, 0.5) is 0 Å². The molecule has 1 atom stereocenters. The number of hydrogen-bond donors (Lipinski definition) is 0. The Hall–Kier alpha value is -2.96. The molecular formula is C17H16N4O3. The summed E-state index contributed by atoms with van der Waals surface area (Å²) in [4.78, 5) is 22.9. The van der Waals surface area contributed by atoms with Crippen molar-refractivity contribution in [2.45, 2.75) is 25.3 Å². The molecule has 122 valence electrons. The van der Waals surface area contributed by atoms with Crippen molar-refractivity contribution in [1.82, 2.24) is 20.0 Å². The van der Waals surface area contributed by atoms with Crippen LogP contribution in [0.15, 0.2) is 51.9 Å². The van der Waals surface area contributed by atoms with Gasteiger partial charge in [0.1, 0.15) is 6.04 Å². The van der Waals surface area contributed by atoms with Gasteiger partial charge in [0.05, 0.1) is 6.26 Å². The molecule has 3 aromatic rings. The Morgan fingerprint density at radius 3 is 3.00 bits per heavy atom. The SMILES string of the molecule is O=C(c1ccco1)N1CCCC[C@H]1c1nc(-c2cccnc2)no1. The average Bonchev–Trinajstić information content (AvgIpc) is 3.34. The molecule has 24 heavy (non-hydrogen) atoms. The molecule has 4 rings (SSSR count). The molecule has 0 unspecified atom stereocenters. The van der Waals surface area contributed by atoms with E-state index in [1.807, 2.05) is 12.1 Å². The highest BCUT2D eigenvalue weighted by Crippen LogP contribution is 2.32. The van der Waals surface area contributed by atoms with E-state index in [1.54, 1.807) is 29.4 Å². The molecule has 0 bridgehead atoms. The van der Waals surface area contributed by atoms with Crippen LogP contribution in [-0.2, 0) is 0 Å². The molecule has 4 heterocycles. The second kappa shape index (κ2) is 6.27. The minimum absolute atomic E-state index is 0.147. The van der Waals surface area contributed by atoms with Gasteiger partial charge in [0.2, 0.25) is 11.7 Å². The lowest BCUT2D eigenvalue weighted by Crippen LogP contribution is -2.38. The molecule has 0 aliphatic carbocycles. The Morgan fingerprint density at radius 2 is 2.21 bits per heavy atom. The fourth-order valence-electron chi connectivity index (χ4n) is 2.96. The summed E-state index contributed by atoms with van der Waals surface area (Å²) < 4.78 is 10.7. The molecule has 3 aromatic heterocycles. The van der Waals surface area contributed by atoms with Crippen LogP contribution in [0.25, 0.3) is 11.4 Å². The number of carbonyl (C=O) groups excluding carboxylic acids is 1. The molecular weight excluding hydrogens is 308 g/mol. The third-order valence-corrected chi connectivity index (χ3v) is 4.14. The van der Waals surface area contributed by atoms with Crippen molar-refractivity contribution in [3.63, 3.8) is 0 Å². The van der Waals surface area contributed by atoms with Gasteiger partial charge >= 0.3 is 0 Å². The summed E-state index contributed by atoms with van der Waals surface area (Å²) in [5, 5.41) is 4.03. The smallest absolute Gasteiger partial charge is 0.290 e. The molecule has 7 heteroatoms. The molecule has 1 amide bonds. The first-order valence-electron chi connectivity index (χ1n) is 7.91. The minimum Gasteiger partial charge on any atom is -0.459 e. The Morgan fingerprint density at radius 1 is 1.25 bits per heavy atom. The molecule has 0 radical (unpaired) electrons. The number of carbonyl (C=O) groups is 1. The summed E-state index contributed by atoms with van der Waals surface area (Å²) >= 11 is 0. The van der Waals surface area contributed by atoms with Crippen LogP contribution >= 0.6 is 0 Å². The lowest BCUT2D eigenvalue weighted by atomic mass is 10.0. The van der Waals surface area contributed by atoms with Crippen LogP contribution in [0.1, 0.15) is 41.7 Å². The van der Waals surface area contributed by atoms with E-state index in [1.165, 1.54) is 6.26 Å². The standard InChI is InChI=1S/C17H16N4O3/c22-17(14-7-4-10-23-14)21-9-2-1-6-13(21)16-19-15(20-24-16)12-5-3-8-18-11-12/h3-5,7-8,10-11,13H,1-2,6,9H2/t13-/m0/s1. The van der Waals surface area contributed by atoms with E-state index in [0.29, 0.717) is 24.0 Å². The van der Waals surface area contributed by atoms with Gasteiger partial charge in [-0.3, -0.25) is 9.78 Å². The maximum Gasteiger partial charge on any atom is 0.290 e. The van der Waals surface area contributed by atoms with Crippen molar-refractivity contribution in [2.24, 2.45) is 0 Å². The minimum atomic E-state index is -0.228. The van der Waals surface area contributed by atoms with Crippen molar-refractivity contribution in [3.05, 3.63) is 54.6 Å². The van der Waals surface area contributed by atoms with Crippen LogP contribution in [-0.4, -0.2) is 32.5 Å². The second-order valence-electron chi connectivity index (χ2n) is 5.69. The molecule has 7 nitrogen and oxygen atoms in total. The van der Waals surface area contributed by atoms with Gasteiger partial charge in [-0.25, -0.2) is 0 Å². The summed E-state index contributed by atoms with van der Waals surface area (Å²) in [7, 11) is 0. The van der Waals surface area contributed by atoms with Crippen LogP contribution in [0.5, 0.6) is 0 Å². The zero-order valence-electron chi connectivity index (χ0n) is 13.0. The first-order valence-corrected chi connectivity index (χ1v) is 7.91. The lowest BCUT2D eigenvalue weighted by molar-refractivity contribution is 0.0529. The summed E-state index contributed by atoms with van der Waals surface area (Å²) in [5.74, 6) is 1.11. The van der Waals surface area contributed by atoms with Crippen LogP contribution in [0.3, 0.4) is 0 Å². The van der Waals surface area contributed by atoms with Gasteiger partial charge in [-0.05, 0) is 43.5 Å². The zero-order chi connectivity index (χ0) is 16.4. The van der Waals surface area contributed by atoms with Crippen molar-refractivity contribution in [1.29, 1.82) is 0 Å². The summed E-state index contributed by atoms with van der Waals surface area (Å²) in [5.41, 5.74) is 0.784. The van der Waals surface area contributed by atoms with Crippen LogP contribution in [0.2, 0.25) is 0 Å². The normalized spacial score (nSPS) is 17.8. The van der Waals surface area contributed by atoms with Gasteiger partial charge in [-0.1, -0.05) is 5.16 Å². The van der Waals surface area contributed by atoms with Gasteiger partial charge in [-0.2, -0.15) is 4.98 Å². The van der Waals surface area contributed by atoms with Gasteiger partial charge in [0.25, 0.3) is 5.91 Å². The molecule has 0 aromatic carbocycles. The second-order valence-corrected chi connectivity index (χ2v) is 5.69. The lowest BCUT2D eigenvalue weighted by Gasteiger charge is -2.32. The van der Waals surface area contributed by atoms with Crippen LogP contribution in [0, 0.1) is 0 Å². The van der Waals surface area contributed by atoms with E-state index in [-0.39, 0.29) is 11.9 Å². The van der Waals surface area contributed by atoms with Gasteiger partial charge < -0.3 is 13.8 Å². The predicted octanol–water partition coefficient (Wildman–Crippen LogP) is 3.09. The number of aromatic nitrogens is 3. The Labute approximate surface area is 138 Å². The highest BCUT2D eigenvalue weighted by atomic mass is 16.5. The first-order chi connectivity index (χ1) is 11.8. The maximum atomic E-state index is 12.7. The van der Waals surface area contributed by atoms with E-state index in [0.717, 1.165) is 24.8 Å². The van der Waals surface area contributed by atoms with Gasteiger partial charge in [0, 0.05) is 24.5 Å². The van der Waals surface area contributed by atoms with Gasteiger partial charge in [0.15, 0.2) is 5.76 Å². The molecule has 1 aliphatic rings. The van der Waals surface area contributed by atoms with E-state index < -0.39 is 0 Å². The number of pyridine rings is 1. The van der Waals surface area contributed by atoms with E-state index in [4.69, 9.17) is 8.94 Å². The molecule has 1 aliphatic heterocycles. The third kappa shape index (κ3) is 2.68. The Balaban J connectivity index is 1.62. The monoisotopic (exact) mass is 324 g/mol. The number of amides is 1. The van der Waals surface area contributed by atoms with Crippen molar-refractivity contribution >= 4 is 5.91 Å². The van der Waals surface area contributed by atoms with E-state index in [9.17, 15) is 4.79 Å². The van der Waals surface area contributed by atoms with Crippen LogP contribution < -0.4 is 0 Å². The van der Waals surface area contributed by atoms with Crippen molar-refractivity contribution in [2.75, 3.05) is 6.54 Å². The highest BCUT2D eigenvalue weighted by Gasteiger charge is 2.33. The van der Waals surface area contributed by atoms with Crippen molar-refractivity contribution in [3.8, 4) is 11.4 Å². The quantitative estimate of drug-likeness (QED) is 0.736. The molecule has 0 saturated carbocycles. The number of piperidine rings is 1. The Kier molecular flexibility index (Phi) is 3.82. The van der Waals surface area contributed by atoms with Crippen molar-refractivity contribution < 1.29 is 13.7 Å². The number of rotatable bonds is 3. The fourth-order valence-corrected chi connectivity index (χ4v) is 2.96. The molecule has 1 saturated heterocycles. The largest absolute Gasteiger partial charge is 0.459 e. The molecule has 0 N–H and O–H groups in total.